The number of unbranched alkanes of at least 4 members (excludes halogenated alkanes) is 1. The van der Waals surface area contributed by atoms with Crippen LogP contribution in [0.3, 0.4) is 0 Å². The molecule has 2 amide bonds. The van der Waals surface area contributed by atoms with Crippen molar-refractivity contribution in [3.8, 4) is 17.2 Å². The first-order valence-electron chi connectivity index (χ1n) is 12.0. The van der Waals surface area contributed by atoms with Crippen molar-refractivity contribution in [2.45, 2.75) is 46.0 Å². The maximum Gasteiger partial charge on any atom is 0.254 e. The Balaban J connectivity index is 1.57. The van der Waals surface area contributed by atoms with E-state index < -0.39 is 0 Å². The Morgan fingerprint density at radius 1 is 1.11 bits per heavy atom. The molecular formula is C27H31ClN4O4. The number of nitrogens with one attached hydrogen (secondary N) is 1. The number of hydrogen-bond donors (Lipinski definition) is 1. The van der Waals surface area contributed by atoms with E-state index in [4.69, 9.17) is 26.2 Å². The third-order valence-electron chi connectivity index (χ3n) is 5.85. The van der Waals surface area contributed by atoms with Crippen LogP contribution >= 0.6 is 11.6 Å². The van der Waals surface area contributed by atoms with Crippen LogP contribution < -0.4 is 14.8 Å². The van der Waals surface area contributed by atoms with Crippen molar-refractivity contribution in [3.63, 3.8) is 0 Å². The Bertz CT molecular complexity index is 1260. The molecule has 190 valence electrons. The zero-order valence-electron chi connectivity index (χ0n) is 21.0. The molecule has 0 spiro atoms. The van der Waals surface area contributed by atoms with Gasteiger partial charge in [0, 0.05) is 23.6 Å². The number of nitrogens with zero attached hydrogens (tertiary/aromatic N) is 3. The first-order valence-corrected chi connectivity index (χ1v) is 12.4. The summed E-state index contributed by atoms with van der Waals surface area (Å²) in [6.07, 6.45) is 1.66. The minimum absolute atomic E-state index is 0.105. The summed E-state index contributed by atoms with van der Waals surface area (Å²) in [4.78, 5) is 28.1. The summed E-state index contributed by atoms with van der Waals surface area (Å²) in [5.41, 5.74) is 1.66. The van der Waals surface area contributed by atoms with Gasteiger partial charge in [-0.05, 0) is 36.8 Å². The second-order valence-corrected chi connectivity index (χ2v) is 10.1. The van der Waals surface area contributed by atoms with Crippen LogP contribution in [0.1, 0.15) is 56.6 Å². The van der Waals surface area contributed by atoms with E-state index in [2.05, 4.69) is 5.32 Å². The quantitative estimate of drug-likeness (QED) is 0.436. The van der Waals surface area contributed by atoms with Crippen LogP contribution in [-0.4, -0.2) is 46.4 Å². The summed E-state index contributed by atoms with van der Waals surface area (Å²) < 4.78 is 12.4. The van der Waals surface area contributed by atoms with Crippen molar-refractivity contribution in [3.05, 3.63) is 64.8 Å². The highest BCUT2D eigenvalue weighted by atomic mass is 35.5. The first kappa shape index (κ1) is 25.6. The minimum atomic E-state index is -0.325. The number of fused-ring (bicyclic) bond motifs is 1. The van der Waals surface area contributed by atoms with Gasteiger partial charge in [-0.15, -0.1) is 0 Å². The van der Waals surface area contributed by atoms with Crippen molar-refractivity contribution >= 4 is 29.2 Å². The molecule has 0 fully saturated rings. The fourth-order valence-electron chi connectivity index (χ4n) is 3.81. The molecule has 1 aliphatic rings. The fraction of sp³-hybridized carbons (Fsp3) is 0.370. The molecule has 0 radical (unpaired) electrons. The fourth-order valence-corrected chi connectivity index (χ4v) is 4.03. The maximum absolute atomic E-state index is 13.3. The number of benzene rings is 2. The molecule has 0 aliphatic carbocycles. The molecule has 2 heterocycles. The van der Waals surface area contributed by atoms with Crippen LogP contribution in [0.5, 0.6) is 11.5 Å². The first-order chi connectivity index (χ1) is 17.2. The van der Waals surface area contributed by atoms with E-state index in [0.29, 0.717) is 40.1 Å². The number of halogens is 1. The van der Waals surface area contributed by atoms with Crippen molar-refractivity contribution in [2.24, 2.45) is 0 Å². The molecule has 2 aromatic carbocycles. The lowest BCUT2D eigenvalue weighted by molar-refractivity contribution is -0.117. The number of carbonyl (C=O) groups excluding carboxylic acids is 2. The number of para-hydroxylation sites is 1. The zero-order chi connectivity index (χ0) is 25.9. The number of rotatable bonds is 8. The lowest BCUT2D eigenvalue weighted by atomic mass is 9.92. The number of amides is 2. The van der Waals surface area contributed by atoms with Crippen molar-refractivity contribution in [1.29, 1.82) is 0 Å². The molecule has 0 saturated heterocycles. The summed E-state index contributed by atoms with van der Waals surface area (Å²) in [7, 11) is 0. The van der Waals surface area contributed by atoms with Crippen LogP contribution in [0.2, 0.25) is 5.02 Å². The van der Waals surface area contributed by atoms with Crippen molar-refractivity contribution < 1.29 is 19.1 Å². The van der Waals surface area contributed by atoms with Crippen LogP contribution in [-0.2, 0) is 10.2 Å². The third-order valence-corrected chi connectivity index (χ3v) is 6.17. The highest BCUT2D eigenvalue weighted by Gasteiger charge is 2.25. The van der Waals surface area contributed by atoms with Crippen molar-refractivity contribution in [2.75, 3.05) is 25.2 Å². The second kappa shape index (κ2) is 10.6. The van der Waals surface area contributed by atoms with Crippen LogP contribution in [0.25, 0.3) is 5.69 Å². The van der Waals surface area contributed by atoms with Gasteiger partial charge in [0.1, 0.15) is 12.4 Å². The molecule has 9 heteroatoms. The molecule has 1 N–H and O–H groups in total. The predicted molar refractivity (Wildman–Crippen MR) is 139 cm³/mol. The molecular weight excluding hydrogens is 480 g/mol. The smallest absolute Gasteiger partial charge is 0.254 e. The molecule has 4 rings (SSSR count). The van der Waals surface area contributed by atoms with Gasteiger partial charge in [0.2, 0.25) is 12.7 Å². The largest absolute Gasteiger partial charge is 0.454 e. The van der Waals surface area contributed by atoms with Crippen molar-refractivity contribution in [1.82, 2.24) is 14.7 Å². The highest BCUT2D eigenvalue weighted by Crippen LogP contribution is 2.33. The summed E-state index contributed by atoms with van der Waals surface area (Å²) in [5.74, 6) is 1.05. The Morgan fingerprint density at radius 2 is 1.86 bits per heavy atom. The average Bonchev–Trinajstić information content (AvgIpc) is 3.48. The van der Waals surface area contributed by atoms with Gasteiger partial charge in [-0.2, -0.15) is 5.10 Å². The van der Waals surface area contributed by atoms with E-state index in [0.717, 1.165) is 18.5 Å². The Kier molecular flexibility index (Phi) is 7.54. The highest BCUT2D eigenvalue weighted by molar-refractivity contribution is 6.32. The Hall–Kier alpha value is -3.52. The minimum Gasteiger partial charge on any atom is -0.454 e. The standard InChI is InChI=1S/C27H31ClN4O4/c1-5-6-13-31(26(34)18-11-12-21-22(14-18)36-17-35-21)16-25(33)29-24-15-23(27(2,3)4)30-32(24)20-10-8-7-9-19(20)28/h7-12,14-15H,5-6,13,16-17H2,1-4H3,(H,29,33). The van der Waals surface area contributed by atoms with Gasteiger partial charge in [0.15, 0.2) is 11.5 Å². The van der Waals surface area contributed by atoms with Gasteiger partial charge in [-0.3, -0.25) is 9.59 Å². The summed E-state index contributed by atoms with van der Waals surface area (Å²) in [6, 6.07) is 14.2. The zero-order valence-corrected chi connectivity index (χ0v) is 21.8. The van der Waals surface area contributed by atoms with E-state index in [1.807, 2.05) is 52.0 Å². The summed E-state index contributed by atoms with van der Waals surface area (Å²) >= 11 is 6.44. The molecule has 8 nitrogen and oxygen atoms in total. The van der Waals surface area contributed by atoms with Gasteiger partial charge >= 0.3 is 0 Å². The molecule has 0 unspecified atom stereocenters. The maximum atomic E-state index is 13.3. The number of carbonyl (C=O) groups is 2. The van der Waals surface area contributed by atoms with Gasteiger partial charge in [-0.1, -0.05) is 57.8 Å². The Labute approximate surface area is 216 Å². The van der Waals surface area contributed by atoms with Gasteiger partial charge in [0.05, 0.1) is 16.4 Å². The molecule has 3 aromatic rings. The Morgan fingerprint density at radius 3 is 2.58 bits per heavy atom. The third kappa shape index (κ3) is 5.65. The van der Waals surface area contributed by atoms with E-state index >= 15 is 0 Å². The predicted octanol–water partition coefficient (Wildman–Crippen LogP) is 5.43. The van der Waals surface area contributed by atoms with Crippen LogP contribution in [0.15, 0.2) is 48.5 Å². The van der Waals surface area contributed by atoms with Crippen LogP contribution in [0.4, 0.5) is 5.82 Å². The van der Waals surface area contributed by atoms with Crippen LogP contribution in [0, 0.1) is 0 Å². The number of hydrogen-bond acceptors (Lipinski definition) is 5. The molecule has 0 bridgehead atoms. The van der Waals surface area contributed by atoms with Gasteiger partial charge in [-0.25, -0.2) is 4.68 Å². The summed E-state index contributed by atoms with van der Waals surface area (Å²) in [6.45, 7) is 8.67. The number of aromatic nitrogens is 2. The lowest BCUT2D eigenvalue weighted by Gasteiger charge is -2.22. The number of ether oxygens (including phenoxy) is 2. The van der Waals surface area contributed by atoms with E-state index in [9.17, 15) is 9.59 Å². The molecule has 1 aromatic heterocycles. The van der Waals surface area contributed by atoms with Gasteiger partial charge in [0.25, 0.3) is 5.91 Å². The summed E-state index contributed by atoms with van der Waals surface area (Å²) in [5, 5.41) is 8.18. The normalized spacial score (nSPS) is 12.5. The molecule has 36 heavy (non-hydrogen) atoms. The van der Waals surface area contributed by atoms with Gasteiger partial charge < -0.3 is 19.7 Å². The molecule has 0 saturated carbocycles. The molecule has 0 atom stereocenters. The second-order valence-electron chi connectivity index (χ2n) is 9.72. The van der Waals surface area contributed by atoms with E-state index in [-0.39, 0.29) is 30.6 Å². The molecule has 1 aliphatic heterocycles. The topological polar surface area (TPSA) is 85.7 Å². The average molecular weight is 511 g/mol. The number of anilines is 1. The monoisotopic (exact) mass is 510 g/mol. The lowest BCUT2D eigenvalue weighted by Crippen LogP contribution is -2.39. The van der Waals surface area contributed by atoms with E-state index in [1.165, 1.54) is 0 Å². The van der Waals surface area contributed by atoms with E-state index in [1.54, 1.807) is 33.8 Å². The SMILES string of the molecule is CCCCN(CC(=O)Nc1cc(C(C)(C)C)nn1-c1ccccc1Cl)C(=O)c1ccc2c(c1)OCO2.